The fraction of sp³-hybridized carbons (Fsp3) is 0.421. The van der Waals surface area contributed by atoms with Crippen LogP contribution in [-0.4, -0.2) is 38.9 Å². The predicted octanol–water partition coefficient (Wildman–Crippen LogP) is 3.72. The summed E-state index contributed by atoms with van der Waals surface area (Å²) < 4.78 is 20.2. The Bertz CT molecular complexity index is 866. The molecule has 1 aromatic carbocycles. The SMILES string of the molecule is Cc1ccc([C@H](F)COC2CCC(Nc3ncnc4[nH]ncc34)C2)cc1. The molecule has 26 heavy (non-hydrogen) atoms. The average molecular weight is 355 g/mol. The first-order chi connectivity index (χ1) is 12.7. The van der Waals surface area contributed by atoms with Gasteiger partial charge in [0.05, 0.1) is 24.3 Å². The third-order valence-corrected chi connectivity index (χ3v) is 4.89. The van der Waals surface area contributed by atoms with E-state index in [1.165, 1.54) is 6.33 Å². The van der Waals surface area contributed by atoms with Crippen molar-refractivity contribution in [3.8, 4) is 0 Å². The second-order valence-electron chi connectivity index (χ2n) is 6.84. The Morgan fingerprint density at radius 3 is 2.96 bits per heavy atom. The summed E-state index contributed by atoms with van der Waals surface area (Å²) >= 11 is 0. The van der Waals surface area contributed by atoms with Crippen LogP contribution in [0, 0.1) is 6.92 Å². The summed E-state index contributed by atoms with van der Waals surface area (Å²) in [6.07, 6.45) is 4.93. The van der Waals surface area contributed by atoms with Gasteiger partial charge < -0.3 is 10.1 Å². The fourth-order valence-electron chi connectivity index (χ4n) is 3.39. The lowest BCUT2D eigenvalue weighted by molar-refractivity contribution is 0.0217. The molecule has 3 aromatic rings. The number of hydrogen-bond donors (Lipinski definition) is 2. The molecule has 0 radical (unpaired) electrons. The van der Waals surface area contributed by atoms with Crippen LogP contribution in [0.1, 0.15) is 36.6 Å². The van der Waals surface area contributed by atoms with E-state index < -0.39 is 6.17 Å². The Hall–Kier alpha value is -2.54. The Labute approximate surface area is 151 Å². The minimum Gasteiger partial charge on any atom is -0.375 e. The Morgan fingerprint density at radius 1 is 1.27 bits per heavy atom. The Morgan fingerprint density at radius 2 is 2.12 bits per heavy atom. The number of aryl methyl sites for hydroxylation is 1. The third kappa shape index (κ3) is 3.67. The van der Waals surface area contributed by atoms with Crippen molar-refractivity contribution in [2.45, 2.75) is 44.5 Å². The average Bonchev–Trinajstić information content (AvgIpc) is 3.30. The second-order valence-corrected chi connectivity index (χ2v) is 6.84. The van der Waals surface area contributed by atoms with Gasteiger partial charge in [0.2, 0.25) is 0 Å². The number of nitrogens with one attached hydrogen (secondary N) is 2. The number of nitrogens with zero attached hydrogens (tertiary/aromatic N) is 3. The van der Waals surface area contributed by atoms with Crippen molar-refractivity contribution in [1.82, 2.24) is 20.2 Å². The van der Waals surface area contributed by atoms with E-state index in [9.17, 15) is 4.39 Å². The lowest BCUT2D eigenvalue weighted by Gasteiger charge is -2.16. The molecule has 1 fully saturated rings. The van der Waals surface area contributed by atoms with E-state index in [0.29, 0.717) is 11.2 Å². The number of anilines is 1. The zero-order valence-corrected chi connectivity index (χ0v) is 14.7. The fourth-order valence-corrected chi connectivity index (χ4v) is 3.39. The van der Waals surface area contributed by atoms with E-state index in [2.05, 4.69) is 25.5 Å². The number of ether oxygens (including phenoxy) is 1. The molecular formula is C19H22FN5O. The van der Waals surface area contributed by atoms with E-state index in [0.717, 1.165) is 36.0 Å². The number of fused-ring (bicyclic) bond motifs is 1. The van der Waals surface area contributed by atoms with Crippen LogP contribution < -0.4 is 5.32 Å². The minimum atomic E-state index is -1.09. The number of alkyl halides is 1. The number of aromatic nitrogens is 4. The predicted molar refractivity (Wildman–Crippen MR) is 97.7 cm³/mol. The lowest BCUT2D eigenvalue weighted by atomic mass is 10.1. The summed E-state index contributed by atoms with van der Waals surface area (Å²) in [6, 6.07) is 7.76. The first kappa shape index (κ1) is 16.9. The molecule has 7 heteroatoms. The molecule has 2 heterocycles. The van der Waals surface area contributed by atoms with Crippen LogP contribution >= 0.6 is 0 Å². The van der Waals surface area contributed by atoms with Gasteiger partial charge in [-0.25, -0.2) is 14.4 Å². The maximum Gasteiger partial charge on any atom is 0.160 e. The quantitative estimate of drug-likeness (QED) is 0.705. The first-order valence-corrected chi connectivity index (χ1v) is 8.92. The zero-order chi connectivity index (χ0) is 17.9. The highest BCUT2D eigenvalue weighted by molar-refractivity contribution is 5.85. The normalized spacial score (nSPS) is 21.2. The molecule has 2 N–H and O–H groups in total. The van der Waals surface area contributed by atoms with Crippen LogP contribution in [0.4, 0.5) is 10.2 Å². The summed E-state index contributed by atoms with van der Waals surface area (Å²) in [5.74, 6) is 0.775. The maximum atomic E-state index is 14.3. The molecular weight excluding hydrogens is 333 g/mol. The van der Waals surface area contributed by atoms with Gasteiger partial charge in [-0.1, -0.05) is 29.8 Å². The standard InChI is InChI=1S/C19H22FN5O/c1-12-2-4-13(5-3-12)17(20)10-26-15-7-6-14(8-15)24-18-16-9-23-25-19(16)22-11-21-18/h2-5,9,11,14-15,17H,6-8,10H2,1H3,(H2,21,22,23,24,25)/t14?,15?,17-/m1/s1. The zero-order valence-electron chi connectivity index (χ0n) is 14.7. The molecule has 1 aliphatic carbocycles. The van der Waals surface area contributed by atoms with Crippen molar-refractivity contribution in [3.05, 3.63) is 47.9 Å². The molecule has 0 spiro atoms. The van der Waals surface area contributed by atoms with Gasteiger partial charge in [-0.05, 0) is 31.7 Å². The number of hydrogen-bond acceptors (Lipinski definition) is 5. The molecule has 0 saturated heterocycles. The highest BCUT2D eigenvalue weighted by Gasteiger charge is 2.27. The maximum absolute atomic E-state index is 14.3. The van der Waals surface area contributed by atoms with Gasteiger partial charge in [-0.2, -0.15) is 5.10 Å². The smallest absolute Gasteiger partial charge is 0.160 e. The van der Waals surface area contributed by atoms with Crippen molar-refractivity contribution in [2.75, 3.05) is 11.9 Å². The topological polar surface area (TPSA) is 75.7 Å². The van der Waals surface area contributed by atoms with Gasteiger partial charge in [0, 0.05) is 6.04 Å². The highest BCUT2D eigenvalue weighted by Crippen LogP contribution is 2.28. The highest BCUT2D eigenvalue weighted by atomic mass is 19.1. The largest absolute Gasteiger partial charge is 0.375 e. The summed E-state index contributed by atoms with van der Waals surface area (Å²) in [5, 5.41) is 11.2. The molecule has 2 unspecified atom stereocenters. The van der Waals surface area contributed by atoms with Crippen molar-refractivity contribution < 1.29 is 9.13 Å². The van der Waals surface area contributed by atoms with Gasteiger partial charge >= 0.3 is 0 Å². The lowest BCUT2D eigenvalue weighted by Crippen LogP contribution is -2.19. The van der Waals surface area contributed by atoms with Gasteiger partial charge in [0.15, 0.2) is 5.65 Å². The molecule has 2 aromatic heterocycles. The second kappa shape index (κ2) is 7.37. The van der Waals surface area contributed by atoms with Crippen LogP contribution in [0.3, 0.4) is 0 Å². The number of rotatable bonds is 6. The third-order valence-electron chi connectivity index (χ3n) is 4.89. The van der Waals surface area contributed by atoms with Gasteiger partial charge in [0.1, 0.15) is 18.3 Å². The number of benzene rings is 1. The molecule has 6 nitrogen and oxygen atoms in total. The summed E-state index contributed by atoms with van der Waals surface area (Å²) in [7, 11) is 0. The molecule has 136 valence electrons. The Balaban J connectivity index is 1.30. The van der Waals surface area contributed by atoms with E-state index >= 15 is 0 Å². The van der Waals surface area contributed by atoms with E-state index in [1.807, 2.05) is 31.2 Å². The van der Waals surface area contributed by atoms with Crippen LogP contribution in [0.5, 0.6) is 0 Å². The van der Waals surface area contributed by atoms with Crippen LogP contribution in [0.15, 0.2) is 36.8 Å². The number of H-pyrrole nitrogens is 1. The van der Waals surface area contributed by atoms with Gasteiger partial charge in [0.25, 0.3) is 0 Å². The molecule has 0 amide bonds. The molecule has 1 aliphatic rings. The van der Waals surface area contributed by atoms with Crippen molar-refractivity contribution in [2.24, 2.45) is 0 Å². The minimum absolute atomic E-state index is 0.0675. The van der Waals surface area contributed by atoms with Crippen molar-refractivity contribution in [1.29, 1.82) is 0 Å². The van der Waals surface area contributed by atoms with Crippen LogP contribution in [-0.2, 0) is 4.74 Å². The van der Waals surface area contributed by atoms with Gasteiger partial charge in [-0.3, -0.25) is 5.10 Å². The van der Waals surface area contributed by atoms with Crippen molar-refractivity contribution >= 4 is 16.9 Å². The van der Waals surface area contributed by atoms with Crippen LogP contribution in [0.25, 0.3) is 11.0 Å². The van der Waals surface area contributed by atoms with Gasteiger partial charge in [-0.15, -0.1) is 0 Å². The molecule has 0 aliphatic heterocycles. The molecule has 1 saturated carbocycles. The summed E-state index contributed by atoms with van der Waals surface area (Å²) in [6.45, 7) is 2.09. The van der Waals surface area contributed by atoms with E-state index in [1.54, 1.807) is 6.20 Å². The molecule has 4 rings (SSSR count). The first-order valence-electron chi connectivity index (χ1n) is 8.92. The summed E-state index contributed by atoms with van der Waals surface area (Å²) in [4.78, 5) is 8.44. The summed E-state index contributed by atoms with van der Waals surface area (Å²) in [5.41, 5.74) is 2.52. The monoisotopic (exact) mass is 355 g/mol. The van der Waals surface area contributed by atoms with E-state index in [4.69, 9.17) is 4.74 Å². The van der Waals surface area contributed by atoms with E-state index in [-0.39, 0.29) is 18.8 Å². The number of halogens is 1. The molecule has 3 atom stereocenters. The van der Waals surface area contributed by atoms with Crippen molar-refractivity contribution in [3.63, 3.8) is 0 Å². The van der Waals surface area contributed by atoms with Crippen LogP contribution in [0.2, 0.25) is 0 Å². The molecule has 0 bridgehead atoms. The number of aromatic amines is 1. The Kier molecular flexibility index (Phi) is 4.79.